The molecule has 0 aliphatic heterocycles. The molecular weight excluding hydrogens is 170 g/mol. The zero-order valence-electron chi connectivity index (χ0n) is 7.26. The number of ether oxygens (including phenoxy) is 1. The molecule has 1 atom stereocenters. The molecule has 0 aliphatic carbocycles. The van der Waals surface area contributed by atoms with Crippen molar-refractivity contribution in [3.05, 3.63) is 30.1 Å². The molecule has 13 heavy (non-hydrogen) atoms. The van der Waals surface area contributed by atoms with Crippen LogP contribution in [0.5, 0.6) is 0 Å². The minimum Gasteiger partial charge on any atom is -0.394 e. The van der Waals surface area contributed by atoms with Gasteiger partial charge in [0, 0.05) is 6.20 Å². The molecule has 0 bridgehead atoms. The molecule has 72 valence electrons. The Morgan fingerprint density at radius 3 is 2.92 bits per heavy atom. The summed E-state index contributed by atoms with van der Waals surface area (Å²) < 4.78 is 5.10. The quantitative estimate of drug-likeness (QED) is 0.672. The monoisotopic (exact) mass is 183 g/mol. The molecule has 1 heterocycles. The minimum atomic E-state index is -0.802. The number of pyridine rings is 1. The SMILES string of the molecule is OCC(O)COCc1ccccn1. The predicted molar refractivity (Wildman–Crippen MR) is 47.0 cm³/mol. The number of hydrogen-bond donors (Lipinski definition) is 2. The lowest BCUT2D eigenvalue weighted by molar-refractivity contribution is -0.000820. The maximum absolute atomic E-state index is 8.94. The third-order valence-electron chi connectivity index (χ3n) is 1.50. The van der Waals surface area contributed by atoms with Crippen molar-refractivity contribution >= 4 is 0 Å². The summed E-state index contributed by atoms with van der Waals surface area (Å²) in [6.45, 7) is 0.215. The van der Waals surface area contributed by atoms with Gasteiger partial charge in [0.25, 0.3) is 0 Å². The number of aliphatic hydroxyl groups excluding tert-OH is 2. The highest BCUT2D eigenvalue weighted by atomic mass is 16.5. The van der Waals surface area contributed by atoms with Crippen LogP contribution in [-0.4, -0.2) is 34.5 Å². The molecule has 0 aromatic carbocycles. The first kappa shape index (κ1) is 10.1. The Labute approximate surface area is 76.8 Å². The number of rotatable bonds is 5. The van der Waals surface area contributed by atoms with E-state index in [9.17, 15) is 0 Å². The number of aliphatic hydroxyl groups is 2. The maximum atomic E-state index is 8.94. The van der Waals surface area contributed by atoms with E-state index in [1.165, 1.54) is 0 Å². The van der Waals surface area contributed by atoms with Crippen LogP contribution < -0.4 is 0 Å². The highest BCUT2D eigenvalue weighted by molar-refractivity contribution is 5.01. The Hall–Kier alpha value is -0.970. The van der Waals surface area contributed by atoms with E-state index in [4.69, 9.17) is 14.9 Å². The van der Waals surface area contributed by atoms with Gasteiger partial charge >= 0.3 is 0 Å². The molecule has 0 saturated heterocycles. The van der Waals surface area contributed by atoms with Crippen molar-refractivity contribution in [3.63, 3.8) is 0 Å². The molecule has 4 nitrogen and oxygen atoms in total. The summed E-state index contributed by atoms with van der Waals surface area (Å²) in [6, 6.07) is 5.53. The van der Waals surface area contributed by atoms with Crippen molar-refractivity contribution in [2.24, 2.45) is 0 Å². The third kappa shape index (κ3) is 3.98. The lowest BCUT2D eigenvalue weighted by atomic mass is 10.4. The molecule has 0 saturated carbocycles. The van der Waals surface area contributed by atoms with Gasteiger partial charge < -0.3 is 14.9 Å². The second kappa shape index (κ2) is 5.64. The molecule has 0 amide bonds. The molecule has 1 aromatic rings. The Bertz CT molecular complexity index is 228. The van der Waals surface area contributed by atoms with Gasteiger partial charge in [-0.15, -0.1) is 0 Å². The molecule has 1 aromatic heterocycles. The number of aromatic nitrogens is 1. The number of nitrogens with zero attached hydrogens (tertiary/aromatic N) is 1. The van der Waals surface area contributed by atoms with Crippen LogP contribution in [-0.2, 0) is 11.3 Å². The summed E-state index contributed by atoms with van der Waals surface area (Å²) >= 11 is 0. The van der Waals surface area contributed by atoms with Gasteiger partial charge in [0.15, 0.2) is 0 Å². The van der Waals surface area contributed by atoms with E-state index in [-0.39, 0.29) is 13.2 Å². The van der Waals surface area contributed by atoms with Crippen molar-refractivity contribution in [1.82, 2.24) is 4.98 Å². The van der Waals surface area contributed by atoms with Crippen LogP contribution in [0.3, 0.4) is 0 Å². The lowest BCUT2D eigenvalue weighted by Crippen LogP contribution is -2.19. The van der Waals surface area contributed by atoms with Gasteiger partial charge in [-0.3, -0.25) is 4.98 Å². The predicted octanol–water partition coefficient (Wildman–Crippen LogP) is -0.0486. The van der Waals surface area contributed by atoms with Crippen LogP contribution in [0.1, 0.15) is 5.69 Å². The smallest absolute Gasteiger partial charge is 0.100 e. The highest BCUT2D eigenvalue weighted by Crippen LogP contribution is 1.96. The van der Waals surface area contributed by atoms with Gasteiger partial charge in [-0.2, -0.15) is 0 Å². The van der Waals surface area contributed by atoms with E-state index < -0.39 is 6.10 Å². The van der Waals surface area contributed by atoms with Gasteiger partial charge in [0.05, 0.1) is 25.5 Å². The van der Waals surface area contributed by atoms with E-state index in [0.29, 0.717) is 6.61 Å². The average Bonchev–Trinajstić information content (AvgIpc) is 2.19. The largest absolute Gasteiger partial charge is 0.394 e. The standard InChI is InChI=1S/C9H13NO3/c11-5-9(12)7-13-6-8-3-1-2-4-10-8/h1-4,9,11-12H,5-7H2. The Morgan fingerprint density at radius 2 is 2.31 bits per heavy atom. The van der Waals surface area contributed by atoms with E-state index in [1.54, 1.807) is 6.20 Å². The molecular formula is C9H13NO3. The van der Waals surface area contributed by atoms with Crippen molar-refractivity contribution in [1.29, 1.82) is 0 Å². The van der Waals surface area contributed by atoms with E-state index in [1.807, 2.05) is 18.2 Å². The first-order valence-electron chi connectivity index (χ1n) is 4.09. The fraction of sp³-hybridized carbons (Fsp3) is 0.444. The Morgan fingerprint density at radius 1 is 1.46 bits per heavy atom. The van der Waals surface area contributed by atoms with Crippen LogP contribution >= 0.6 is 0 Å². The lowest BCUT2D eigenvalue weighted by Gasteiger charge is -2.07. The van der Waals surface area contributed by atoms with Gasteiger partial charge in [0.1, 0.15) is 6.10 Å². The third-order valence-corrected chi connectivity index (χ3v) is 1.50. The van der Waals surface area contributed by atoms with Gasteiger partial charge in [0.2, 0.25) is 0 Å². The van der Waals surface area contributed by atoms with Crippen molar-refractivity contribution in [2.45, 2.75) is 12.7 Å². The molecule has 0 spiro atoms. The van der Waals surface area contributed by atoms with Gasteiger partial charge in [-0.1, -0.05) is 6.07 Å². The first-order valence-corrected chi connectivity index (χ1v) is 4.09. The van der Waals surface area contributed by atoms with Crippen LogP contribution in [0.15, 0.2) is 24.4 Å². The molecule has 0 aliphatic rings. The summed E-state index contributed by atoms with van der Waals surface area (Å²) in [6.07, 6.45) is 0.880. The average molecular weight is 183 g/mol. The van der Waals surface area contributed by atoms with Crippen LogP contribution in [0.2, 0.25) is 0 Å². The normalized spacial score (nSPS) is 12.8. The molecule has 4 heteroatoms. The van der Waals surface area contributed by atoms with Gasteiger partial charge in [-0.05, 0) is 12.1 Å². The first-order chi connectivity index (χ1) is 6.33. The van der Waals surface area contributed by atoms with Crippen molar-refractivity contribution in [2.75, 3.05) is 13.2 Å². The minimum absolute atomic E-state index is 0.132. The molecule has 1 rings (SSSR count). The Balaban J connectivity index is 2.20. The number of hydrogen-bond acceptors (Lipinski definition) is 4. The van der Waals surface area contributed by atoms with E-state index in [2.05, 4.69) is 4.98 Å². The molecule has 0 radical (unpaired) electrons. The maximum Gasteiger partial charge on any atom is 0.100 e. The van der Waals surface area contributed by atoms with Crippen molar-refractivity contribution < 1.29 is 14.9 Å². The van der Waals surface area contributed by atoms with E-state index in [0.717, 1.165) is 5.69 Å². The van der Waals surface area contributed by atoms with Crippen LogP contribution in [0.4, 0.5) is 0 Å². The second-order valence-electron chi connectivity index (χ2n) is 2.67. The fourth-order valence-corrected chi connectivity index (χ4v) is 0.836. The van der Waals surface area contributed by atoms with E-state index >= 15 is 0 Å². The summed E-state index contributed by atoms with van der Waals surface area (Å²) in [4.78, 5) is 4.03. The van der Waals surface area contributed by atoms with Crippen LogP contribution in [0, 0.1) is 0 Å². The van der Waals surface area contributed by atoms with Crippen molar-refractivity contribution in [3.8, 4) is 0 Å². The summed E-state index contributed by atoms with van der Waals surface area (Å²) in [5.41, 5.74) is 0.813. The summed E-state index contributed by atoms with van der Waals surface area (Å²) in [5.74, 6) is 0. The molecule has 0 fully saturated rings. The fourth-order valence-electron chi connectivity index (χ4n) is 0.836. The summed E-state index contributed by atoms with van der Waals surface area (Å²) in [5, 5.41) is 17.4. The zero-order chi connectivity index (χ0) is 9.52. The summed E-state index contributed by atoms with van der Waals surface area (Å²) in [7, 11) is 0. The van der Waals surface area contributed by atoms with Gasteiger partial charge in [-0.25, -0.2) is 0 Å². The molecule has 2 N–H and O–H groups in total. The Kier molecular flexibility index (Phi) is 4.39. The molecule has 1 unspecified atom stereocenters. The highest BCUT2D eigenvalue weighted by Gasteiger charge is 2.01. The second-order valence-corrected chi connectivity index (χ2v) is 2.67. The topological polar surface area (TPSA) is 62.6 Å². The zero-order valence-corrected chi connectivity index (χ0v) is 7.26. The van der Waals surface area contributed by atoms with Crippen LogP contribution in [0.25, 0.3) is 0 Å².